The lowest BCUT2D eigenvalue weighted by molar-refractivity contribution is -0.126. The topological polar surface area (TPSA) is 90.1 Å². The summed E-state index contributed by atoms with van der Waals surface area (Å²) in [7, 11) is 0. The van der Waals surface area contributed by atoms with E-state index in [1.54, 1.807) is 12.1 Å². The van der Waals surface area contributed by atoms with Crippen molar-refractivity contribution in [3.8, 4) is 10.6 Å². The normalized spacial score (nSPS) is 21.0. The van der Waals surface area contributed by atoms with Crippen molar-refractivity contribution in [2.24, 2.45) is 5.73 Å². The molecule has 1 aromatic heterocycles. The summed E-state index contributed by atoms with van der Waals surface area (Å²) in [6.45, 7) is 0.432. The molecule has 116 valence electrons. The van der Waals surface area contributed by atoms with E-state index in [1.807, 2.05) is 12.1 Å². The van der Waals surface area contributed by atoms with Crippen LogP contribution in [0.1, 0.15) is 12.8 Å². The number of hydrogen-bond acceptors (Lipinski definition) is 6. The van der Waals surface area contributed by atoms with Crippen LogP contribution in [0.15, 0.2) is 24.3 Å². The van der Waals surface area contributed by atoms with E-state index in [1.165, 1.54) is 11.3 Å². The monoisotopic (exact) mass is 338 g/mol. The second-order valence-electron chi connectivity index (χ2n) is 4.97. The van der Waals surface area contributed by atoms with Gasteiger partial charge in [-0.15, -0.1) is 10.2 Å². The van der Waals surface area contributed by atoms with Gasteiger partial charge < -0.3 is 10.5 Å². The van der Waals surface area contributed by atoms with Crippen molar-refractivity contribution < 1.29 is 9.53 Å². The molecule has 8 heteroatoms. The van der Waals surface area contributed by atoms with E-state index in [0.717, 1.165) is 12.0 Å². The van der Waals surface area contributed by atoms with Gasteiger partial charge in [-0.25, -0.2) is 0 Å². The van der Waals surface area contributed by atoms with Crippen molar-refractivity contribution in [1.82, 2.24) is 10.2 Å². The van der Waals surface area contributed by atoms with Crippen molar-refractivity contribution >= 4 is 34.0 Å². The third-order valence-electron chi connectivity index (χ3n) is 3.39. The molecule has 0 saturated carbocycles. The molecular weight excluding hydrogens is 324 g/mol. The van der Waals surface area contributed by atoms with Crippen molar-refractivity contribution in [3.05, 3.63) is 29.3 Å². The van der Waals surface area contributed by atoms with Gasteiger partial charge in [-0.1, -0.05) is 35.1 Å². The molecule has 3 N–H and O–H groups in total. The number of nitrogens with one attached hydrogen (secondary N) is 1. The Labute approximate surface area is 136 Å². The van der Waals surface area contributed by atoms with E-state index in [9.17, 15) is 4.79 Å². The van der Waals surface area contributed by atoms with E-state index in [2.05, 4.69) is 15.5 Å². The highest BCUT2D eigenvalue weighted by atomic mass is 35.5. The molecule has 0 spiro atoms. The van der Waals surface area contributed by atoms with E-state index in [4.69, 9.17) is 22.1 Å². The molecule has 1 aromatic carbocycles. The first-order valence-electron chi connectivity index (χ1n) is 6.91. The van der Waals surface area contributed by atoms with Crippen LogP contribution in [0.4, 0.5) is 5.13 Å². The molecule has 0 aliphatic carbocycles. The summed E-state index contributed by atoms with van der Waals surface area (Å²) in [6, 6.07) is 7.33. The molecule has 0 bridgehead atoms. The largest absolute Gasteiger partial charge is 0.364 e. The van der Waals surface area contributed by atoms with Gasteiger partial charge in [0, 0.05) is 17.1 Å². The van der Waals surface area contributed by atoms with Crippen molar-refractivity contribution in [2.75, 3.05) is 11.9 Å². The van der Waals surface area contributed by atoms with Crippen LogP contribution >= 0.6 is 22.9 Å². The number of carbonyl (C=O) groups is 1. The fourth-order valence-electron chi connectivity index (χ4n) is 2.27. The number of rotatable bonds is 4. The van der Waals surface area contributed by atoms with Crippen molar-refractivity contribution in [2.45, 2.75) is 25.0 Å². The average molecular weight is 339 g/mol. The lowest BCUT2D eigenvalue weighted by Crippen LogP contribution is -2.29. The summed E-state index contributed by atoms with van der Waals surface area (Å²) in [5, 5.41) is 12.6. The Balaban J connectivity index is 1.66. The number of carbonyl (C=O) groups excluding carboxylic acids is 1. The number of ether oxygens (including phenoxy) is 1. The Morgan fingerprint density at radius 1 is 1.45 bits per heavy atom. The van der Waals surface area contributed by atoms with Crippen LogP contribution in [-0.2, 0) is 9.53 Å². The SMILES string of the molecule is NC[C@H]1CC[C@@H](C(=O)Nc2nnc(-c3cccc(Cl)c3)s2)O1. The minimum atomic E-state index is -0.466. The maximum absolute atomic E-state index is 12.1. The number of hydrogen-bond donors (Lipinski definition) is 2. The van der Waals surface area contributed by atoms with Crippen molar-refractivity contribution in [3.63, 3.8) is 0 Å². The van der Waals surface area contributed by atoms with Crippen molar-refractivity contribution in [1.29, 1.82) is 0 Å². The maximum atomic E-state index is 12.1. The van der Waals surface area contributed by atoms with Gasteiger partial charge >= 0.3 is 0 Å². The Bertz CT molecular complexity index is 678. The van der Waals surface area contributed by atoms with Crippen LogP contribution in [0.2, 0.25) is 5.02 Å². The second kappa shape index (κ2) is 6.70. The fourth-order valence-corrected chi connectivity index (χ4v) is 3.20. The van der Waals surface area contributed by atoms with Crippen LogP contribution in [0.25, 0.3) is 10.6 Å². The predicted octanol–water partition coefficient (Wildman–Crippen LogP) is 2.30. The zero-order valence-corrected chi connectivity index (χ0v) is 13.2. The fraction of sp³-hybridized carbons (Fsp3) is 0.357. The number of amides is 1. The van der Waals surface area contributed by atoms with Crippen LogP contribution in [0.5, 0.6) is 0 Å². The Kier molecular flexibility index (Phi) is 4.68. The van der Waals surface area contributed by atoms with Gasteiger partial charge in [0.2, 0.25) is 5.13 Å². The minimum absolute atomic E-state index is 0.0350. The zero-order chi connectivity index (χ0) is 15.5. The maximum Gasteiger partial charge on any atom is 0.255 e. The molecule has 0 radical (unpaired) electrons. The van der Waals surface area contributed by atoms with E-state index >= 15 is 0 Å². The first-order valence-corrected chi connectivity index (χ1v) is 8.11. The lowest BCUT2D eigenvalue weighted by Gasteiger charge is -2.10. The summed E-state index contributed by atoms with van der Waals surface area (Å²) >= 11 is 7.25. The van der Waals surface area contributed by atoms with Gasteiger partial charge in [-0.2, -0.15) is 0 Å². The molecule has 22 heavy (non-hydrogen) atoms. The predicted molar refractivity (Wildman–Crippen MR) is 85.9 cm³/mol. The quantitative estimate of drug-likeness (QED) is 0.892. The molecule has 0 unspecified atom stereocenters. The van der Waals surface area contributed by atoms with Gasteiger partial charge in [-0.05, 0) is 25.0 Å². The summed E-state index contributed by atoms with van der Waals surface area (Å²) in [5.41, 5.74) is 6.41. The smallest absolute Gasteiger partial charge is 0.255 e. The molecule has 3 rings (SSSR count). The molecule has 2 atom stereocenters. The Morgan fingerprint density at radius 2 is 2.32 bits per heavy atom. The van der Waals surface area contributed by atoms with Crippen LogP contribution in [0, 0.1) is 0 Å². The van der Waals surface area contributed by atoms with Gasteiger partial charge in [0.15, 0.2) is 0 Å². The number of nitrogens with two attached hydrogens (primary N) is 1. The van der Waals surface area contributed by atoms with E-state index in [0.29, 0.717) is 28.1 Å². The van der Waals surface area contributed by atoms with Gasteiger partial charge in [0.1, 0.15) is 11.1 Å². The molecule has 2 heterocycles. The number of anilines is 1. The highest BCUT2D eigenvalue weighted by molar-refractivity contribution is 7.18. The third kappa shape index (κ3) is 3.44. The molecule has 2 aromatic rings. The summed E-state index contributed by atoms with van der Waals surface area (Å²) in [5.74, 6) is -0.204. The van der Waals surface area contributed by atoms with Crippen LogP contribution in [-0.4, -0.2) is 34.9 Å². The standard InChI is InChI=1S/C14H15ClN4O2S/c15-9-3-1-2-8(6-9)13-18-19-14(22-13)17-12(20)11-5-4-10(7-16)21-11/h1-3,6,10-11H,4-5,7,16H2,(H,17,19,20)/t10-,11+/m1/s1. The summed E-state index contributed by atoms with van der Waals surface area (Å²) in [4.78, 5) is 12.1. The molecule has 6 nitrogen and oxygen atoms in total. The van der Waals surface area contributed by atoms with Crippen LogP contribution in [0.3, 0.4) is 0 Å². The number of halogens is 1. The van der Waals surface area contributed by atoms with E-state index in [-0.39, 0.29) is 12.0 Å². The molecule has 1 fully saturated rings. The summed E-state index contributed by atoms with van der Waals surface area (Å²) in [6.07, 6.45) is 0.978. The van der Waals surface area contributed by atoms with Gasteiger partial charge in [0.25, 0.3) is 5.91 Å². The molecule has 1 aliphatic rings. The first kappa shape index (κ1) is 15.4. The molecule has 1 aliphatic heterocycles. The second-order valence-corrected chi connectivity index (χ2v) is 6.39. The summed E-state index contributed by atoms with van der Waals surface area (Å²) < 4.78 is 5.55. The van der Waals surface area contributed by atoms with Gasteiger partial charge in [0.05, 0.1) is 6.10 Å². The molecule has 1 amide bonds. The first-order chi connectivity index (χ1) is 10.7. The highest BCUT2D eigenvalue weighted by Gasteiger charge is 2.30. The Morgan fingerprint density at radius 3 is 3.05 bits per heavy atom. The van der Waals surface area contributed by atoms with Gasteiger partial charge in [-0.3, -0.25) is 10.1 Å². The molecular formula is C14H15ClN4O2S. The number of aromatic nitrogens is 2. The number of benzene rings is 1. The Hall–Kier alpha value is -1.54. The average Bonchev–Trinajstić information content (AvgIpc) is 3.16. The van der Waals surface area contributed by atoms with Crippen LogP contribution < -0.4 is 11.1 Å². The molecule has 1 saturated heterocycles. The lowest BCUT2D eigenvalue weighted by atomic mass is 10.2. The highest BCUT2D eigenvalue weighted by Crippen LogP contribution is 2.28. The minimum Gasteiger partial charge on any atom is -0.364 e. The third-order valence-corrected chi connectivity index (χ3v) is 4.51. The number of nitrogens with zero attached hydrogens (tertiary/aromatic N) is 2. The van der Waals surface area contributed by atoms with E-state index < -0.39 is 6.10 Å². The zero-order valence-electron chi connectivity index (χ0n) is 11.7.